The average Bonchev–Trinajstić information content (AvgIpc) is 3.15. The van der Waals surface area contributed by atoms with Crippen LogP contribution in [-0.4, -0.2) is 34.6 Å². The molecule has 5 heteroatoms. The second-order valence-electron chi connectivity index (χ2n) is 5.83. The van der Waals surface area contributed by atoms with Crippen molar-refractivity contribution in [3.63, 3.8) is 0 Å². The Morgan fingerprint density at radius 1 is 1.35 bits per heavy atom. The maximum Gasteiger partial charge on any atom is 0.264 e. The third-order valence-electron chi connectivity index (χ3n) is 4.25. The van der Waals surface area contributed by atoms with Gasteiger partial charge in [-0.25, -0.2) is 4.39 Å². The summed E-state index contributed by atoms with van der Waals surface area (Å²) >= 11 is 1.31. The standard InChI is InChI=1S/C15H14FNO2S/c16-11-4-1-9-5-13(20-12(9)6-11)14(18)17-7-15(19,8-17)10-2-3-10/h1,4-6,10,19H,2-3,7-8H2. The van der Waals surface area contributed by atoms with E-state index in [-0.39, 0.29) is 11.7 Å². The second-order valence-corrected chi connectivity index (χ2v) is 6.92. The Kier molecular flexibility index (Phi) is 2.47. The molecule has 0 bridgehead atoms. The zero-order chi connectivity index (χ0) is 13.9. The number of amides is 1. The third-order valence-corrected chi connectivity index (χ3v) is 5.33. The van der Waals surface area contributed by atoms with Gasteiger partial charge in [0.2, 0.25) is 0 Å². The summed E-state index contributed by atoms with van der Waals surface area (Å²) in [5.41, 5.74) is -0.654. The first-order valence-electron chi connectivity index (χ1n) is 6.76. The van der Waals surface area contributed by atoms with Gasteiger partial charge in [-0.3, -0.25) is 4.79 Å². The Morgan fingerprint density at radius 2 is 2.10 bits per heavy atom. The summed E-state index contributed by atoms with van der Waals surface area (Å²) in [4.78, 5) is 14.6. The van der Waals surface area contributed by atoms with E-state index in [4.69, 9.17) is 0 Å². The van der Waals surface area contributed by atoms with Gasteiger partial charge in [0, 0.05) is 4.70 Å². The van der Waals surface area contributed by atoms with E-state index in [0.29, 0.717) is 23.9 Å². The van der Waals surface area contributed by atoms with E-state index in [0.717, 1.165) is 22.9 Å². The quantitative estimate of drug-likeness (QED) is 0.924. The molecule has 1 saturated carbocycles. The Bertz CT molecular complexity index is 701. The molecule has 20 heavy (non-hydrogen) atoms. The van der Waals surface area contributed by atoms with Crippen molar-refractivity contribution in [1.29, 1.82) is 0 Å². The molecule has 0 atom stereocenters. The number of halogens is 1. The summed E-state index contributed by atoms with van der Waals surface area (Å²) in [5, 5.41) is 11.1. The lowest BCUT2D eigenvalue weighted by Crippen LogP contribution is -2.64. The number of carbonyl (C=O) groups excluding carboxylic acids is 1. The summed E-state index contributed by atoms with van der Waals surface area (Å²) < 4.78 is 13.9. The molecule has 1 aromatic heterocycles. The van der Waals surface area contributed by atoms with Crippen LogP contribution < -0.4 is 0 Å². The summed E-state index contributed by atoms with van der Waals surface area (Å²) in [6, 6.07) is 6.34. The van der Waals surface area contributed by atoms with Crippen LogP contribution in [-0.2, 0) is 0 Å². The summed E-state index contributed by atoms with van der Waals surface area (Å²) in [6.45, 7) is 0.859. The minimum atomic E-state index is -0.654. The van der Waals surface area contributed by atoms with Crippen LogP contribution >= 0.6 is 11.3 Å². The van der Waals surface area contributed by atoms with Crippen LogP contribution in [0.3, 0.4) is 0 Å². The monoisotopic (exact) mass is 291 g/mol. The molecule has 2 aliphatic rings. The highest BCUT2D eigenvalue weighted by Gasteiger charge is 2.53. The van der Waals surface area contributed by atoms with Gasteiger partial charge in [0.25, 0.3) is 5.91 Å². The molecule has 1 aromatic carbocycles. The molecule has 104 valence electrons. The van der Waals surface area contributed by atoms with Crippen molar-refractivity contribution >= 4 is 27.3 Å². The van der Waals surface area contributed by atoms with Gasteiger partial charge in [0.1, 0.15) is 11.4 Å². The van der Waals surface area contributed by atoms with Crippen LogP contribution in [0.25, 0.3) is 10.1 Å². The number of aliphatic hydroxyl groups is 1. The number of β-amino-alcohol motifs (C(OH)–C–C–N with tert-alkyl or cyclic N) is 1. The fourth-order valence-electron chi connectivity index (χ4n) is 2.90. The number of fused-ring (bicyclic) bond motifs is 1. The molecule has 1 aliphatic carbocycles. The number of hydrogen-bond donors (Lipinski definition) is 1. The number of thiophene rings is 1. The van der Waals surface area contributed by atoms with Crippen LogP contribution in [0, 0.1) is 11.7 Å². The molecule has 1 aliphatic heterocycles. The number of hydrogen-bond acceptors (Lipinski definition) is 3. The topological polar surface area (TPSA) is 40.5 Å². The van der Waals surface area contributed by atoms with Crippen molar-refractivity contribution < 1.29 is 14.3 Å². The van der Waals surface area contributed by atoms with E-state index < -0.39 is 5.60 Å². The van der Waals surface area contributed by atoms with E-state index in [1.165, 1.54) is 23.5 Å². The van der Waals surface area contributed by atoms with Gasteiger partial charge < -0.3 is 10.0 Å². The van der Waals surface area contributed by atoms with Gasteiger partial charge in [-0.1, -0.05) is 6.07 Å². The first-order chi connectivity index (χ1) is 9.55. The summed E-state index contributed by atoms with van der Waals surface area (Å²) in [7, 11) is 0. The van der Waals surface area contributed by atoms with Crippen LogP contribution in [0.5, 0.6) is 0 Å². The Hall–Kier alpha value is -1.46. The van der Waals surface area contributed by atoms with Crippen LogP contribution in [0.1, 0.15) is 22.5 Å². The van der Waals surface area contributed by atoms with Gasteiger partial charge in [0.15, 0.2) is 0 Å². The average molecular weight is 291 g/mol. The molecule has 1 saturated heterocycles. The van der Waals surface area contributed by atoms with Crippen LogP contribution in [0.2, 0.25) is 0 Å². The molecule has 4 rings (SSSR count). The predicted molar refractivity (Wildman–Crippen MR) is 75.4 cm³/mol. The zero-order valence-electron chi connectivity index (χ0n) is 10.8. The van der Waals surface area contributed by atoms with E-state index in [1.54, 1.807) is 17.0 Å². The minimum absolute atomic E-state index is 0.0584. The zero-order valence-corrected chi connectivity index (χ0v) is 11.6. The maximum atomic E-state index is 13.2. The molecule has 0 unspecified atom stereocenters. The fourth-order valence-corrected chi connectivity index (χ4v) is 3.96. The fraction of sp³-hybridized carbons (Fsp3) is 0.400. The minimum Gasteiger partial charge on any atom is -0.386 e. The molecule has 2 aromatic rings. The largest absolute Gasteiger partial charge is 0.386 e. The van der Waals surface area contributed by atoms with Gasteiger partial charge in [-0.15, -0.1) is 11.3 Å². The Balaban J connectivity index is 1.55. The number of carbonyl (C=O) groups is 1. The lowest BCUT2D eigenvalue weighted by atomic mass is 9.88. The lowest BCUT2D eigenvalue weighted by Gasteiger charge is -2.46. The van der Waals surface area contributed by atoms with Crippen molar-refractivity contribution in [2.75, 3.05) is 13.1 Å². The van der Waals surface area contributed by atoms with Crippen molar-refractivity contribution in [2.45, 2.75) is 18.4 Å². The van der Waals surface area contributed by atoms with Gasteiger partial charge >= 0.3 is 0 Å². The van der Waals surface area contributed by atoms with E-state index in [9.17, 15) is 14.3 Å². The number of benzene rings is 1. The molecular weight excluding hydrogens is 277 g/mol. The van der Waals surface area contributed by atoms with Crippen LogP contribution in [0.4, 0.5) is 4.39 Å². The SMILES string of the molecule is O=C(c1cc2ccc(F)cc2s1)N1CC(O)(C2CC2)C1. The summed E-state index contributed by atoms with van der Waals surface area (Å²) in [5.74, 6) is 0.0328. The predicted octanol–water partition coefficient (Wildman–Crippen LogP) is 2.64. The van der Waals surface area contributed by atoms with Crippen molar-refractivity contribution in [2.24, 2.45) is 5.92 Å². The smallest absolute Gasteiger partial charge is 0.264 e. The highest BCUT2D eigenvalue weighted by atomic mass is 32.1. The molecule has 1 amide bonds. The second kappa shape index (κ2) is 4.02. The molecule has 2 fully saturated rings. The molecule has 3 nitrogen and oxygen atoms in total. The molecule has 0 radical (unpaired) electrons. The molecule has 2 heterocycles. The van der Waals surface area contributed by atoms with Gasteiger partial charge in [-0.05, 0) is 42.3 Å². The normalized spacial score (nSPS) is 21.0. The van der Waals surface area contributed by atoms with Gasteiger partial charge in [0.05, 0.1) is 18.0 Å². The number of rotatable bonds is 2. The highest BCUT2D eigenvalue weighted by molar-refractivity contribution is 7.20. The number of likely N-dealkylation sites (tertiary alicyclic amines) is 1. The van der Waals surface area contributed by atoms with Gasteiger partial charge in [-0.2, -0.15) is 0 Å². The van der Waals surface area contributed by atoms with Crippen LogP contribution in [0.15, 0.2) is 24.3 Å². The Labute approximate surface area is 119 Å². The molecular formula is C15H14FNO2S. The maximum absolute atomic E-state index is 13.2. The summed E-state index contributed by atoms with van der Waals surface area (Å²) in [6.07, 6.45) is 2.14. The molecule has 1 N–H and O–H groups in total. The molecule has 0 spiro atoms. The first kappa shape index (κ1) is 12.3. The van der Waals surface area contributed by atoms with E-state index in [1.807, 2.05) is 0 Å². The van der Waals surface area contributed by atoms with E-state index >= 15 is 0 Å². The van der Waals surface area contributed by atoms with E-state index in [2.05, 4.69) is 0 Å². The van der Waals surface area contributed by atoms with Crippen molar-refractivity contribution in [3.05, 3.63) is 35.0 Å². The first-order valence-corrected chi connectivity index (χ1v) is 7.58. The van der Waals surface area contributed by atoms with Crippen molar-refractivity contribution in [1.82, 2.24) is 4.90 Å². The van der Waals surface area contributed by atoms with Crippen molar-refractivity contribution in [3.8, 4) is 0 Å². The lowest BCUT2D eigenvalue weighted by molar-refractivity contribution is -0.0956. The number of nitrogens with zero attached hydrogens (tertiary/aromatic N) is 1. The third kappa shape index (κ3) is 1.84. The Morgan fingerprint density at radius 3 is 2.80 bits per heavy atom. The highest BCUT2D eigenvalue weighted by Crippen LogP contribution is 2.45.